The minimum absolute atomic E-state index is 0.141. The number of rotatable bonds is 3. The second-order valence-corrected chi connectivity index (χ2v) is 7.62. The van der Waals surface area contributed by atoms with Crippen LogP contribution in [0.3, 0.4) is 0 Å². The van der Waals surface area contributed by atoms with Crippen LogP contribution in [0.1, 0.15) is 31.2 Å². The number of nitrogens with zero attached hydrogens (tertiary/aromatic N) is 1. The number of amides is 1. The maximum atomic E-state index is 13.1. The number of nitrogen functional groups attached to an aromatic ring is 1. The summed E-state index contributed by atoms with van der Waals surface area (Å²) in [6, 6.07) is 16.7. The van der Waals surface area contributed by atoms with Gasteiger partial charge in [-0.25, -0.2) is 0 Å². The first-order valence-electron chi connectivity index (χ1n) is 8.83. The lowest BCUT2D eigenvalue weighted by Gasteiger charge is -2.10. The summed E-state index contributed by atoms with van der Waals surface area (Å²) in [6.45, 7) is 3.90. The second kappa shape index (κ2) is 6.98. The van der Waals surface area contributed by atoms with E-state index in [-0.39, 0.29) is 17.6 Å². The molecule has 0 atom stereocenters. The molecule has 0 saturated carbocycles. The van der Waals surface area contributed by atoms with Gasteiger partial charge in [-0.05, 0) is 48.6 Å². The van der Waals surface area contributed by atoms with Crippen LogP contribution in [0.25, 0.3) is 10.9 Å². The van der Waals surface area contributed by atoms with Crippen LogP contribution in [0, 0.1) is 13.8 Å². The Morgan fingerprint density at radius 1 is 1.04 bits per heavy atom. The van der Waals surface area contributed by atoms with Gasteiger partial charge in [-0.2, -0.15) is 0 Å². The van der Waals surface area contributed by atoms with Crippen molar-refractivity contribution in [2.24, 2.45) is 0 Å². The van der Waals surface area contributed by atoms with Gasteiger partial charge in [0.15, 0.2) is 0 Å². The fourth-order valence-corrected chi connectivity index (χ4v) is 3.94. The summed E-state index contributed by atoms with van der Waals surface area (Å²) < 4.78 is 1.42. The lowest BCUT2D eigenvalue weighted by molar-refractivity contribution is 0.0971. The summed E-state index contributed by atoms with van der Waals surface area (Å²) in [5.74, 6) is -0.433. The number of fused-ring (bicyclic) bond motifs is 1. The van der Waals surface area contributed by atoms with E-state index in [0.717, 1.165) is 16.8 Å². The maximum Gasteiger partial charge on any atom is 0.274 e. The van der Waals surface area contributed by atoms with E-state index >= 15 is 0 Å². The fraction of sp³-hybridized carbons (Fsp3) is 0.0909. The predicted octanol–water partition coefficient (Wildman–Crippen LogP) is 4.84. The Bertz CT molecular complexity index is 1210. The molecule has 0 aliphatic heterocycles. The molecule has 1 amide bonds. The number of aromatic nitrogens is 1. The highest BCUT2D eigenvalue weighted by atomic mass is 32.1. The third-order valence-electron chi connectivity index (χ3n) is 4.71. The Kier molecular flexibility index (Phi) is 4.49. The number of benzene rings is 2. The molecule has 5 nitrogen and oxygen atoms in total. The number of para-hydroxylation sites is 1. The van der Waals surface area contributed by atoms with Gasteiger partial charge < -0.3 is 11.1 Å². The Balaban J connectivity index is 1.83. The molecule has 28 heavy (non-hydrogen) atoms. The third-order valence-corrected chi connectivity index (χ3v) is 5.57. The molecular formula is C22H19N3O2S. The van der Waals surface area contributed by atoms with Crippen LogP contribution in [0.15, 0.2) is 60.0 Å². The molecule has 2 aromatic carbocycles. The van der Waals surface area contributed by atoms with Crippen LogP contribution in [0.5, 0.6) is 0 Å². The molecule has 3 N–H and O–H groups in total. The van der Waals surface area contributed by atoms with E-state index in [2.05, 4.69) is 5.32 Å². The van der Waals surface area contributed by atoms with Crippen LogP contribution in [0.2, 0.25) is 0 Å². The van der Waals surface area contributed by atoms with Crippen LogP contribution in [-0.4, -0.2) is 16.4 Å². The first kappa shape index (κ1) is 18.0. The minimum atomic E-state index is -0.333. The van der Waals surface area contributed by atoms with Crippen molar-refractivity contribution in [3.63, 3.8) is 0 Å². The van der Waals surface area contributed by atoms with Gasteiger partial charge in [0.05, 0.1) is 16.0 Å². The number of hydrogen-bond acceptors (Lipinski definition) is 4. The molecule has 0 saturated heterocycles. The summed E-state index contributed by atoms with van der Waals surface area (Å²) in [5.41, 5.74) is 9.98. The third kappa shape index (κ3) is 2.97. The van der Waals surface area contributed by atoms with Crippen molar-refractivity contribution in [3.8, 4) is 0 Å². The predicted molar refractivity (Wildman–Crippen MR) is 114 cm³/mol. The molecule has 140 valence electrons. The summed E-state index contributed by atoms with van der Waals surface area (Å²) >= 11 is 1.34. The Morgan fingerprint density at radius 2 is 1.82 bits per heavy atom. The van der Waals surface area contributed by atoms with Crippen LogP contribution in [-0.2, 0) is 0 Å². The van der Waals surface area contributed by atoms with Crippen LogP contribution in [0.4, 0.5) is 11.5 Å². The molecule has 0 fully saturated rings. The first-order chi connectivity index (χ1) is 13.5. The quantitative estimate of drug-likeness (QED) is 0.526. The zero-order valence-electron chi connectivity index (χ0n) is 15.5. The summed E-state index contributed by atoms with van der Waals surface area (Å²) in [7, 11) is 0. The van der Waals surface area contributed by atoms with Crippen molar-refractivity contribution in [1.82, 2.24) is 4.57 Å². The van der Waals surface area contributed by atoms with Crippen molar-refractivity contribution in [2.45, 2.75) is 13.8 Å². The monoisotopic (exact) mass is 389 g/mol. The van der Waals surface area contributed by atoms with E-state index in [1.54, 1.807) is 12.1 Å². The number of carbonyl (C=O) groups is 2. The van der Waals surface area contributed by atoms with E-state index < -0.39 is 0 Å². The molecule has 2 aromatic heterocycles. The molecule has 0 spiro atoms. The Hall–Kier alpha value is -3.38. The number of aryl methyl sites for hydroxylation is 2. The second-order valence-electron chi connectivity index (χ2n) is 6.67. The molecule has 4 aromatic rings. The van der Waals surface area contributed by atoms with Gasteiger partial charge in [-0.3, -0.25) is 14.2 Å². The molecule has 0 radical (unpaired) electrons. The van der Waals surface area contributed by atoms with E-state index in [4.69, 9.17) is 5.73 Å². The lowest BCUT2D eigenvalue weighted by Crippen LogP contribution is -2.17. The van der Waals surface area contributed by atoms with Crippen molar-refractivity contribution in [1.29, 1.82) is 0 Å². The summed E-state index contributed by atoms with van der Waals surface area (Å²) in [6.07, 6.45) is 0. The summed E-state index contributed by atoms with van der Waals surface area (Å²) in [4.78, 5) is 26.7. The van der Waals surface area contributed by atoms with Crippen molar-refractivity contribution >= 4 is 45.6 Å². The summed E-state index contributed by atoms with van der Waals surface area (Å²) in [5, 5.41) is 5.43. The van der Waals surface area contributed by atoms with Gasteiger partial charge >= 0.3 is 0 Å². The highest BCUT2D eigenvalue weighted by Crippen LogP contribution is 2.31. The molecule has 4 rings (SSSR count). The fourth-order valence-electron chi connectivity index (χ4n) is 3.28. The SMILES string of the molecule is Cc1ccc(C)c(NC(=O)c2c(N)n(C(=O)c3cccs3)c3ccccc23)c1. The Labute approximate surface area is 166 Å². The number of carbonyl (C=O) groups excluding carboxylic acids is 2. The zero-order chi connectivity index (χ0) is 19.8. The van der Waals surface area contributed by atoms with Gasteiger partial charge in [0.2, 0.25) is 0 Å². The number of anilines is 2. The van der Waals surface area contributed by atoms with Gasteiger partial charge in [0, 0.05) is 11.1 Å². The van der Waals surface area contributed by atoms with E-state index in [9.17, 15) is 9.59 Å². The van der Waals surface area contributed by atoms with Gasteiger partial charge in [0.1, 0.15) is 5.82 Å². The molecule has 2 heterocycles. The minimum Gasteiger partial charge on any atom is -0.384 e. The lowest BCUT2D eigenvalue weighted by atomic mass is 10.1. The largest absolute Gasteiger partial charge is 0.384 e. The molecule has 0 aliphatic carbocycles. The topological polar surface area (TPSA) is 77.1 Å². The van der Waals surface area contributed by atoms with E-state index in [1.807, 2.05) is 61.7 Å². The average Bonchev–Trinajstić information content (AvgIpc) is 3.30. The average molecular weight is 389 g/mol. The zero-order valence-corrected chi connectivity index (χ0v) is 16.3. The van der Waals surface area contributed by atoms with E-state index in [0.29, 0.717) is 21.3 Å². The standard InChI is InChI=1S/C22H19N3O2S/c1-13-9-10-14(2)16(12-13)24-21(26)19-15-6-3-4-7-17(15)25(20(19)23)22(27)18-8-5-11-28-18/h3-12H,23H2,1-2H3,(H,24,26). The molecule has 0 aliphatic rings. The smallest absolute Gasteiger partial charge is 0.274 e. The molecule has 6 heteroatoms. The molecular weight excluding hydrogens is 370 g/mol. The number of hydrogen-bond donors (Lipinski definition) is 2. The van der Waals surface area contributed by atoms with Crippen LogP contribution >= 0.6 is 11.3 Å². The molecule has 0 unspecified atom stereocenters. The van der Waals surface area contributed by atoms with Crippen molar-refractivity contribution in [2.75, 3.05) is 11.1 Å². The van der Waals surface area contributed by atoms with Crippen LogP contribution < -0.4 is 11.1 Å². The van der Waals surface area contributed by atoms with Gasteiger partial charge in [-0.1, -0.05) is 36.4 Å². The molecule has 0 bridgehead atoms. The highest BCUT2D eigenvalue weighted by Gasteiger charge is 2.25. The van der Waals surface area contributed by atoms with Gasteiger partial charge in [-0.15, -0.1) is 11.3 Å². The van der Waals surface area contributed by atoms with Gasteiger partial charge in [0.25, 0.3) is 11.8 Å². The number of nitrogens with two attached hydrogens (primary N) is 1. The number of thiophene rings is 1. The number of nitrogens with one attached hydrogen (secondary N) is 1. The van der Waals surface area contributed by atoms with Crippen molar-refractivity contribution < 1.29 is 9.59 Å². The first-order valence-corrected chi connectivity index (χ1v) is 9.71. The maximum absolute atomic E-state index is 13.1. The Morgan fingerprint density at radius 3 is 2.57 bits per heavy atom. The highest BCUT2D eigenvalue weighted by molar-refractivity contribution is 7.12. The van der Waals surface area contributed by atoms with E-state index in [1.165, 1.54) is 15.9 Å². The van der Waals surface area contributed by atoms with Crippen molar-refractivity contribution in [3.05, 3.63) is 81.5 Å². The normalized spacial score (nSPS) is 10.9.